The third-order valence-electron chi connectivity index (χ3n) is 3.62. The third kappa shape index (κ3) is 2.56. The van der Waals surface area contributed by atoms with E-state index in [9.17, 15) is 9.59 Å². The van der Waals surface area contributed by atoms with Crippen molar-refractivity contribution in [3.05, 3.63) is 34.3 Å². The highest BCUT2D eigenvalue weighted by molar-refractivity contribution is 9.10. The summed E-state index contributed by atoms with van der Waals surface area (Å²) in [5.74, 6) is -0.684. The molecule has 0 saturated carbocycles. The summed E-state index contributed by atoms with van der Waals surface area (Å²) < 4.78 is 16.5. The summed E-state index contributed by atoms with van der Waals surface area (Å²) in [4.78, 5) is 26.1. The number of hydrogen-bond acceptors (Lipinski definition) is 5. The number of carbonyl (C=O) groups excluding carboxylic acids is 2. The molecule has 2 heterocycles. The van der Waals surface area contributed by atoms with Crippen molar-refractivity contribution in [2.45, 2.75) is 18.4 Å². The number of carbonyl (C=O) groups is 2. The van der Waals surface area contributed by atoms with Crippen LogP contribution in [-0.2, 0) is 19.0 Å². The van der Waals surface area contributed by atoms with Crippen molar-refractivity contribution in [1.82, 2.24) is 4.90 Å². The second-order valence-electron chi connectivity index (χ2n) is 4.85. The summed E-state index contributed by atoms with van der Waals surface area (Å²) in [6.45, 7) is 0.329. The molecule has 0 radical (unpaired) electrons. The highest BCUT2D eigenvalue weighted by Crippen LogP contribution is 2.28. The SMILES string of the molecule is CO[C@@H]1CN(C(=O)c2ccccc2Br)[C@H]2C(=O)OCC2O1. The van der Waals surface area contributed by atoms with Gasteiger partial charge in [-0.2, -0.15) is 0 Å². The van der Waals surface area contributed by atoms with Gasteiger partial charge in [-0.1, -0.05) is 12.1 Å². The van der Waals surface area contributed by atoms with E-state index in [-0.39, 0.29) is 19.1 Å². The monoisotopic (exact) mass is 355 g/mol. The van der Waals surface area contributed by atoms with Gasteiger partial charge in [0.25, 0.3) is 5.91 Å². The van der Waals surface area contributed by atoms with E-state index in [1.165, 1.54) is 12.0 Å². The summed E-state index contributed by atoms with van der Waals surface area (Å²) in [6, 6.07) is 6.38. The maximum Gasteiger partial charge on any atom is 0.331 e. The molecule has 1 aromatic carbocycles. The van der Waals surface area contributed by atoms with Crippen LogP contribution in [-0.4, -0.2) is 55.5 Å². The fourth-order valence-electron chi connectivity index (χ4n) is 2.58. The normalized spacial score (nSPS) is 28.2. The molecule has 1 aromatic rings. The highest BCUT2D eigenvalue weighted by atomic mass is 79.9. The number of amides is 1. The predicted molar refractivity (Wildman–Crippen MR) is 75.6 cm³/mol. The van der Waals surface area contributed by atoms with Gasteiger partial charge < -0.3 is 19.1 Å². The number of benzene rings is 1. The average molecular weight is 356 g/mol. The van der Waals surface area contributed by atoms with Gasteiger partial charge in [0, 0.05) is 11.6 Å². The molecule has 1 unspecified atom stereocenters. The zero-order valence-corrected chi connectivity index (χ0v) is 12.9. The van der Waals surface area contributed by atoms with Crippen LogP contribution in [0.5, 0.6) is 0 Å². The fraction of sp³-hybridized carbons (Fsp3) is 0.429. The molecule has 0 aliphatic carbocycles. The van der Waals surface area contributed by atoms with Crippen molar-refractivity contribution in [3.8, 4) is 0 Å². The summed E-state index contributed by atoms with van der Waals surface area (Å²) in [5, 5.41) is 0. The first-order valence-corrected chi connectivity index (χ1v) is 7.31. The number of cyclic esters (lactones) is 1. The Morgan fingerprint density at radius 1 is 1.43 bits per heavy atom. The molecule has 3 atom stereocenters. The van der Waals surface area contributed by atoms with Gasteiger partial charge in [0.1, 0.15) is 12.7 Å². The molecule has 2 aliphatic rings. The molecule has 21 heavy (non-hydrogen) atoms. The van der Waals surface area contributed by atoms with E-state index in [0.29, 0.717) is 10.0 Å². The van der Waals surface area contributed by atoms with E-state index in [0.717, 1.165) is 0 Å². The van der Waals surface area contributed by atoms with Crippen molar-refractivity contribution in [2.75, 3.05) is 20.3 Å². The van der Waals surface area contributed by atoms with Gasteiger partial charge in [0.15, 0.2) is 12.3 Å². The Labute approximate surface area is 130 Å². The van der Waals surface area contributed by atoms with Crippen molar-refractivity contribution < 1.29 is 23.8 Å². The fourth-order valence-corrected chi connectivity index (χ4v) is 3.03. The second kappa shape index (κ2) is 5.75. The Morgan fingerprint density at radius 2 is 2.19 bits per heavy atom. The van der Waals surface area contributed by atoms with Gasteiger partial charge in [-0.25, -0.2) is 4.79 Å². The second-order valence-corrected chi connectivity index (χ2v) is 5.71. The molecule has 3 rings (SSSR count). The predicted octanol–water partition coefficient (Wildman–Crippen LogP) is 1.19. The van der Waals surface area contributed by atoms with Crippen molar-refractivity contribution in [1.29, 1.82) is 0 Å². The zero-order valence-electron chi connectivity index (χ0n) is 11.3. The van der Waals surface area contributed by atoms with Crippen molar-refractivity contribution in [3.63, 3.8) is 0 Å². The van der Waals surface area contributed by atoms with E-state index in [2.05, 4.69) is 15.9 Å². The highest BCUT2D eigenvalue weighted by Gasteiger charge is 2.49. The lowest BCUT2D eigenvalue weighted by molar-refractivity contribution is -0.199. The Kier molecular flexibility index (Phi) is 3.97. The van der Waals surface area contributed by atoms with Crippen LogP contribution < -0.4 is 0 Å². The number of fused-ring (bicyclic) bond motifs is 1. The first-order valence-electron chi connectivity index (χ1n) is 6.52. The third-order valence-corrected chi connectivity index (χ3v) is 4.31. The van der Waals surface area contributed by atoms with E-state index in [1.54, 1.807) is 18.2 Å². The number of rotatable bonds is 2. The van der Waals surface area contributed by atoms with E-state index in [1.807, 2.05) is 6.07 Å². The Balaban J connectivity index is 1.92. The first kappa shape index (κ1) is 14.5. The van der Waals surface area contributed by atoms with Crippen LogP contribution in [0.2, 0.25) is 0 Å². The zero-order chi connectivity index (χ0) is 15.0. The topological polar surface area (TPSA) is 65.1 Å². The molecule has 0 aromatic heterocycles. The lowest BCUT2D eigenvalue weighted by atomic mass is 10.1. The number of methoxy groups -OCH3 is 1. The minimum absolute atomic E-state index is 0.142. The van der Waals surface area contributed by atoms with Crippen LogP contribution in [0.15, 0.2) is 28.7 Å². The minimum Gasteiger partial charge on any atom is -0.461 e. The van der Waals surface area contributed by atoms with Crippen LogP contribution in [0.3, 0.4) is 0 Å². The van der Waals surface area contributed by atoms with Crippen LogP contribution >= 0.6 is 15.9 Å². The number of esters is 1. The molecule has 0 N–H and O–H groups in total. The number of halogens is 1. The van der Waals surface area contributed by atoms with Gasteiger partial charge in [0.05, 0.1) is 12.1 Å². The van der Waals surface area contributed by atoms with E-state index < -0.39 is 24.4 Å². The van der Waals surface area contributed by atoms with Gasteiger partial charge in [0.2, 0.25) is 0 Å². The van der Waals surface area contributed by atoms with E-state index >= 15 is 0 Å². The number of morpholine rings is 1. The van der Waals surface area contributed by atoms with Crippen LogP contribution in [0.4, 0.5) is 0 Å². The smallest absolute Gasteiger partial charge is 0.331 e. The van der Waals surface area contributed by atoms with Crippen molar-refractivity contribution >= 4 is 27.8 Å². The number of ether oxygens (including phenoxy) is 3. The van der Waals surface area contributed by atoms with Gasteiger partial charge in [-0.3, -0.25) is 4.79 Å². The minimum atomic E-state index is -0.712. The summed E-state index contributed by atoms with van der Waals surface area (Å²) in [6.07, 6.45) is -1.05. The molecule has 1 amide bonds. The summed E-state index contributed by atoms with van der Waals surface area (Å²) in [7, 11) is 1.50. The molecule has 2 fully saturated rings. The van der Waals surface area contributed by atoms with Crippen LogP contribution in [0.1, 0.15) is 10.4 Å². The average Bonchev–Trinajstić information content (AvgIpc) is 2.87. The van der Waals surface area contributed by atoms with Crippen LogP contribution in [0.25, 0.3) is 0 Å². The Hall–Kier alpha value is -1.44. The molecule has 2 aliphatic heterocycles. The molecule has 112 valence electrons. The number of hydrogen-bond donors (Lipinski definition) is 0. The summed E-state index contributed by atoms with van der Waals surface area (Å²) in [5.41, 5.74) is 0.493. The largest absolute Gasteiger partial charge is 0.461 e. The van der Waals surface area contributed by atoms with Crippen LogP contribution in [0, 0.1) is 0 Å². The van der Waals surface area contributed by atoms with Gasteiger partial charge in [-0.15, -0.1) is 0 Å². The molecule has 2 saturated heterocycles. The molecule has 0 spiro atoms. The van der Waals surface area contributed by atoms with E-state index in [4.69, 9.17) is 14.2 Å². The van der Waals surface area contributed by atoms with Gasteiger partial charge in [-0.05, 0) is 28.1 Å². The van der Waals surface area contributed by atoms with Crippen molar-refractivity contribution in [2.24, 2.45) is 0 Å². The molecule has 7 heteroatoms. The summed E-state index contributed by atoms with van der Waals surface area (Å²) >= 11 is 3.36. The number of nitrogens with zero attached hydrogens (tertiary/aromatic N) is 1. The van der Waals surface area contributed by atoms with Gasteiger partial charge >= 0.3 is 5.97 Å². The Bertz CT molecular complexity index is 578. The molecular formula is C14H14BrNO5. The molecule has 0 bridgehead atoms. The standard InChI is InChI=1S/C14H14BrNO5/c1-19-11-6-16(12-10(21-11)7-20-14(12)18)13(17)8-4-2-3-5-9(8)15/h2-5,10-12H,6-7H2,1H3/t10?,11-,12+/m0/s1. The maximum absolute atomic E-state index is 12.7. The Morgan fingerprint density at radius 3 is 2.90 bits per heavy atom. The molecule has 6 nitrogen and oxygen atoms in total. The lowest BCUT2D eigenvalue weighted by Crippen LogP contribution is -2.58. The quantitative estimate of drug-likeness (QED) is 0.745. The lowest BCUT2D eigenvalue weighted by Gasteiger charge is -2.38. The maximum atomic E-state index is 12.7. The first-order chi connectivity index (χ1) is 10.1. The molecular weight excluding hydrogens is 342 g/mol.